The van der Waals surface area contributed by atoms with E-state index in [1.54, 1.807) is 13.8 Å². The smallest absolute Gasteiger partial charge is 0.408 e. The van der Waals surface area contributed by atoms with Gasteiger partial charge in [0.1, 0.15) is 18.2 Å². The van der Waals surface area contributed by atoms with Gasteiger partial charge in [-0.25, -0.2) is 9.59 Å². The van der Waals surface area contributed by atoms with E-state index in [-0.39, 0.29) is 18.4 Å². The van der Waals surface area contributed by atoms with Crippen LogP contribution in [0, 0.1) is 5.92 Å². The minimum atomic E-state index is -1.29. The monoisotopic (exact) mass is 478 g/mol. The Labute approximate surface area is 206 Å². The lowest BCUT2D eigenvalue weighted by molar-refractivity contribution is -0.144. The molecule has 0 aromatic heterocycles. The van der Waals surface area contributed by atoms with E-state index in [4.69, 9.17) is 4.74 Å². The fraction of sp³-hybridized carbons (Fsp3) is 0.464. The lowest BCUT2D eigenvalue weighted by Crippen LogP contribution is -2.60. The number of nitrogens with one attached hydrogen (secondary N) is 2. The molecule has 35 heavy (non-hydrogen) atoms. The molecule has 1 saturated carbocycles. The molecule has 0 heterocycles. The second-order valence-electron chi connectivity index (χ2n) is 9.82. The number of alkyl carbamates (subject to hydrolysis) is 1. The highest BCUT2D eigenvalue weighted by molar-refractivity contribution is 5.92. The van der Waals surface area contributed by atoms with E-state index < -0.39 is 29.6 Å². The number of ether oxygens (including phenoxy) is 1. The van der Waals surface area contributed by atoms with E-state index in [0.29, 0.717) is 6.42 Å². The average molecular weight is 479 g/mol. The summed E-state index contributed by atoms with van der Waals surface area (Å²) in [6.07, 6.45) is 4.17. The van der Waals surface area contributed by atoms with Crippen molar-refractivity contribution in [1.82, 2.24) is 10.6 Å². The number of rotatable bonds is 8. The molecular formula is C28H34N2O5. The molecule has 7 nitrogen and oxygen atoms in total. The van der Waals surface area contributed by atoms with Gasteiger partial charge in [0.05, 0.1) is 0 Å². The van der Waals surface area contributed by atoms with Crippen molar-refractivity contribution in [3.63, 3.8) is 0 Å². The van der Waals surface area contributed by atoms with Crippen molar-refractivity contribution >= 4 is 18.0 Å². The first-order chi connectivity index (χ1) is 16.8. The van der Waals surface area contributed by atoms with E-state index in [2.05, 4.69) is 22.8 Å². The highest BCUT2D eigenvalue weighted by Gasteiger charge is 2.39. The molecule has 2 atom stereocenters. The Morgan fingerprint density at radius 2 is 1.57 bits per heavy atom. The summed E-state index contributed by atoms with van der Waals surface area (Å²) in [5, 5.41) is 15.1. The van der Waals surface area contributed by atoms with E-state index in [1.807, 2.05) is 36.4 Å². The molecule has 0 radical (unpaired) electrons. The molecule has 2 unspecified atom stereocenters. The van der Waals surface area contributed by atoms with Gasteiger partial charge in [-0.3, -0.25) is 4.79 Å². The third-order valence-corrected chi connectivity index (χ3v) is 7.60. The van der Waals surface area contributed by atoms with Crippen LogP contribution in [0.25, 0.3) is 11.1 Å². The molecule has 0 saturated heterocycles. The van der Waals surface area contributed by atoms with Crippen LogP contribution in [-0.4, -0.2) is 41.3 Å². The maximum Gasteiger partial charge on any atom is 0.408 e. The van der Waals surface area contributed by atoms with Gasteiger partial charge in [0.25, 0.3) is 0 Å². The van der Waals surface area contributed by atoms with Crippen LogP contribution in [0.5, 0.6) is 0 Å². The highest BCUT2D eigenvalue weighted by Crippen LogP contribution is 2.44. The van der Waals surface area contributed by atoms with Gasteiger partial charge in [-0.2, -0.15) is 0 Å². The molecule has 2 amide bonds. The molecule has 2 aromatic rings. The van der Waals surface area contributed by atoms with Crippen LogP contribution in [0.3, 0.4) is 0 Å². The van der Waals surface area contributed by atoms with Gasteiger partial charge in [-0.05, 0) is 54.4 Å². The van der Waals surface area contributed by atoms with Crippen LogP contribution in [0.2, 0.25) is 0 Å². The quantitative estimate of drug-likeness (QED) is 0.503. The first kappa shape index (κ1) is 24.8. The molecule has 2 aliphatic rings. The Bertz CT molecular complexity index is 1050. The van der Waals surface area contributed by atoms with Crippen LogP contribution >= 0.6 is 0 Å². The number of benzene rings is 2. The Hall–Kier alpha value is -3.35. The molecule has 186 valence electrons. The second-order valence-corrected chi connectivity index (χ2v) is 9.82. The summed E-state index contributed by atoms with van der Waals surface area (Å²) in [6.45, 7) is 3.52. The third-order valence-electron chi connectivity index (χ3n) is 7.60. The summed E-state index contributed by atoms with van der Waals surface area (Å²) < 4.78 is 5.61. The number of amides is 2. The molecule has 0 spiro atoms. The summed E-state index contributed by atoms with van der Waals surface area (Å²) in [7, 11) is 0. The SMILES string of the molecule is CCC(C)(NC(=O)OCC1c2ccccc2-c2ccccc21)C(=O)NC(C(=O)O)C1CCCCC1. The van der Waals surface area contributed by atoms with E-state index in [0.717, 1.165) is 54.4 Å². The minimum absolute atomic E-state index is 0.0856. The molecular weight excluding hydrogens is 444 g/mol. The zero-order valence-electron chi connectivity index (χ0n) is 20.4. The van der Waals surface area contributed by atoms with Crippen molar-refractivity contribution in [2.45, 2.75) is 69.9 Å². The van der Waals surface area contributed by atoms with Crippen LogP contribution < -0.4 is 10.6 Å². The minimum Gasteiger partial charge on any atom is -0.480 e. The zero-order valence-corrected chi connectivity index (χ0v) is 20.4. The lowest BCUT2D eigenvalue weighted by Gasteiger charge is -2.33. The van der Waals surface area contributed by atoms with Crippen molar-refractivity contribution in [3.05, 3.63) is 59.7 Å². The maximum atomic E-state index is 13.1. The van der Waals surface area contributed by atoms with E-state index >= 15 is 0 Å². The van der Waals surface area contributed by atoms with Crippen LogP contribution in [-0.2, 0) is 14.3 Å². The molecule has 1 fully saturated rings. The topological polar surface area (TPSA) is 105 Å². The Morgan fingerprint density at radius 1 is 1.00 bits per heavy atom. The summed E-state index contributed by atoms with van der Waals surface area (Å²) in [4.78, 5) is 37.8. The standard InChI is InChI=1S/C28H34N2O5/c1-3-28(2,26(33)29-24(25(31)32)18-11-5-4-6-12-18)30-27(34)35-17-23-21-15-9-7-13-19(21)20-14-8-10-16-22(20)23/h7-10,13-16,18,23-24H,3-6,11-12,17H2,1-2H3,(H,29,33)(H,30,34)(H,31,32). The van der Waals surface area contributed by atoms with Crippen molar-refractivity contribution in [3.8, 4) is 11.1 Å². The van der Waals surface area contributed by atoms with Gasteiger partial charge in [0.2, 0.25) is 5.91 Å². The molecule has 2 aromatic carbocycles. The number of fused-ring (bicyclic) bond motifs is 3. The zero-order chi connectivity index (χ0) is 25.0. The number of carbonyl (C=O) groups excluding carboxylic acids is 2. The first-order valence-electron chi connectivity index (χ1n) is 12.5. The Balaban J connectivity index is 1.41. The predicted molar refractivity (Wildman–Crippen MR) is 133 cm³/mol. The number of carboxylic acid groups (broad SMARTS) is 1. The lowest BCUT2D eigenvalue weighted by atomic mass is 9.83. The number of aliphatic carboxylic acids is 1. The number of hydrogen-bond acceptors (Lipinski definition) is 4. The van der Waals surface area contributed by atoms with E-state index in [9.17, 15) is 19.5 Å². The van der Waals surface area contributed by atoms with Gasteiger partial charge >= 0.3 is 12.1 Å². The molecule has 2 aliphatic carbocycles. The van der Waals surface area contributed by atoms with E-state index in [1.165, 1.54) is 0 Å². The summed E-state index contributed by atoms with van der Waals surface area (Å²) >= 11 is 0. The molecule has 7 heteroatoms. The van der Waals surface area contributed by atoms with Crippen molar-refractivity contribution in [2.75, 3.05) is 6.61 Å². The summed E-state index contributed by atoms with van der Waals surface area (Å²) in [5.74, 6) is -1.73. The predicted octanol–water partition coefficient (Wildman–Crippen LogP) is 4.84. The second kappa shape index (κ2) is 10.5. The number of hydrogen-bond donors (Lipinski definition) is 3. The van der Waals surface area contributed by atoms with Gasteiger partial charge in [-0.1, -0.05) is 74.7 Å². The van der Waals surface area contributed by atoms with Crippen LogP contribution in [0.4, 0.5) is 4.79 Å². The van der Waals surface area contributed by atoms with Gasteiger partial charge in [-0.15, -0.1) is 0 Å². The van der Waals surface area contributed by atoms with Crippen molar-refractivity contribution in [2.24, 2.45) is 5.92 Å². The summed E-state index contributed by atoms with van der Waals surface area (Å²) in [5.41, 5.74) is 3.20. The normalized spacial score (nSPS) is 18.0. The van der Waals surface area contributed by atoms with Gasteiger partial charge in [0.15, 0.2) is 0 Å². The fourth-order valence-electron chi connectivity index (χ4n) is 5.31. The Kier molecular flexibility index (Phi) is 7.43. The first-order valence-corrected chi connectivity index (χ1v) is 12.5. The molecule has 0 bridgehead atoms. The van der Waals surface area contributed by atoms with Crippen LogP contribution in [0.15, 0.2) is 48.5 Å². The van der Waals surface area contributed by atoms with Gasteiger partial charge < -0.3 is 20.5 Å². The molecule has 3 N–H and O–H groups in total. The highest BCUT2D eigenvalue weighted by atomic mass is 16.5. The van der Waals surface area contributed by atoms with Gasteiger partial charge in [0, 0.05) is 5.92 Å². The number of carbonyl (C=O) groups is 3. The molecule has 4 rings (SSSR count). The Morgan fingerprint density at radius 3 is 2.11 bits per heavy atom. The number of carboxylic acids is 1. The maximum absolute atomic E-state index is 13.1. The third kappa shape index (κ3) is 5.19. The van der Waals surface area contributed by atoms with Crippen LogP contribution in [0.1, 0.15) is 69.4 Å². The largest absolute Gasteiger partial charge is 0.480 e. The van der Waals surface area contributed by atoms with Crippen molar-refractivity contribution in [1.29, 1.82) is 0 Å². The fourth-order valence-corrected chi connectivity index (χ4v) is 5.31. The van der Waals surface area contributed by atoms with Crippen molar-refractivity contribution < 1.29 is 24.2 Å². The average Bonchev–Trinajstić information content (AvgIpc) is 3.19. The summed E-state index contributed by atoms with van der Waals surface area (Å²) in [6, 6.07) is 15.2. The molecule has 0 aliphatic heterocycles.